The summed E-state index contributed by atoms with van der Waals surface area (Å²) in [6, 6.07) is 6.46. The van der Waals surface area contributed by atoms with Gasteiger partial charge in [0.05, 0.1) is 14.2 Å². The average Bonchev–Trinajstić information content (AvgIpc) is 2.51. The quantitative estimate of drug-likeness (QED) is 0.804. The third-order valence-electron chi connectivity index (χ3n) is 3.17. The molecule has 1 N–H and O–H groups in total. The Morgan fingerprint density at radius 1 is 1.17 bits per heavy atom. The number of rotatable bonds is 6. The number of benzene rings is 1. The molecule has 1 atom stereocenters. The van der Waals surface area contributed by atoms with Gasteiger partial charge >= 0.3 is 6.09 Å². The molecule has 0 unspecified atom stereocenters. The molecule has 2 amide bonds. The number of methoxy groups -OCH3 is 1. The molecular weight excluding hydrogens is 312 g/mol. The van der Waals surface area contributed by atoms with Gasteiger partial charge in [-0.3, -0.25) is 9.63 Å². The minimum atomic E-state index is -0.807. The van der Waals surface area contributed by atoms with Crippen LogP contribution in [0.2, 0.25) is 0 Å². The summed E-state index contributed by atoms with van der Waals surface area (Å²) >= 11 is 0. The standard InChI is InChI=1S/C17H26N2O5/c1-17(2,3)24-16(21)18-14(15(20)19(4)23-6)11-12-7-9-13(22-5)10-8-12/h7-10,14H,11H2,1-6H3,(H,18,21)/t14-/m0/s1. The van der Waals surface area contributed by atoms with Gasteiger partial charge in [-0.15, -0.1) is 0 Å². The third kappa shape index (κ3) is 6.45. The van der Waals surface area contributed by atoms with Crippen LogP contribution in [-0.4, -0.2) is 50.0 Å². The molecule has 0 heterocycles. The Hall–Kier alpha value is -2.28. The van der Waals surface area contributed by atoms with Crippen molar-refractivity contribution in [3.05, 3.63) is 29.8 Å². The number of ether oxygens (including phenoxy) is 2. The number of likely N-dealkylation sites (N-methyl/N-ethyl adjacent to an activating group) is 1. The molecule has 0 radical (unpaired) electrons. The molecule has 0 fully saturated rings. The van der Waals surface area contributed by atoms with E-state index in [1.807, 2.05) is 12.1 Å². The van der Waals surface area contributed by atoms with Crippen LogP contribution in [0.1, 0.15) is 26.3 Å². The van der Waals surface area contributed by atoms with E-state index in [0.717, 1.165) is 16.4 Å². The molecule has 0 aliphatic heterocycles. The van der Waals surface area contributed by atoms with Crippen molar-refractivity contribution in [2.45, 2.75) is 38.8 Å². The van der Waals surface area contributed by atoms with Gasteiger partial charge in [-0.25, -0.2) is 9.86 Å². The second kappa shape index (κ2) is 8.54. The van der Waals surface area contributed by atoms with Gasteiger partial charge < -0.3 is 14.8 Å². The van der Waals surface area contributed by atoms with E-state index in [9.17, 15) is 9.59 Å². The van der Waals surface area contributed by atoms with Crippen molar-refractivity contribution in [1.82, 2.24) is 10.4 Å². The topological polar surface area (TPSA) is 77.1 Å². The summed E-state index contributed by atoms with van der Waals surface area (Å²) < 4.78 is 10.3. The highest BCUT2D eigenvalue weighted by atomic mass is 16.7. The molecule has 0 aliphatic rings. The number of hydroxylamine groups is 2. The first-order chi connectivity index (χ1) is 11.2. The zero-order valence-electron chi connectivity index (χ0n) is 15.1. The summed E-state index contributed by atoms with van der Waals surface area (Å²) in [4.78, 5) is 29.3. The van der Waals surface area contributed by atoms with Crippen LogP contribution >= 0.6 is 0 Å². The monoisotopic (exact) mass is 338 g/mol. The number of carbonyl (C=O) groups is 2. The van der Waals surface area contributed by atoms with E-state index in [-0.39, 0.29) is 5.91 Å². The first kappa shape index (κ1) is 19.8. The molecule has 134 valence electrons. The van der Waals surface area contributed by atoms with Crippen molar-refractivity contribution in [2.75, 3.05) is 21.3 Å². The number of amides is 2. The zero-order valence-corrected chi connectivity index (χ0v) is 15.1. The lowest BCUT2D eigenvalue weighted by molar-refractivity contribution is -0.171. The van der Waals surface area contributed by atoms with E-state index in [2.05, 4.69) is 5.32 Å². The fourth-order valence-corrected chi connectivity index (χ4v) is 1.96. The maximum Gasteiger partial charge on any atom is 0.408 e. The average molecular weight is 338 g/mol. The van der Waals surface area contributed by atoms with Gasteiger partial charge in [0.1, 0.15) is 17.4 Å². The SMILES string of the molecule is COc1ccc(C[C@H](NC(=O)OC(C)(C)C)C(=O)N(C)OC)cc1. The molecule has 0 aromatic heterocycles. The highest BCUT2D eigenvalue weighted by Gasteiger charge is 2.27. The summed E-state index contributed by atoms with van der Waals surface area (Å²) in [6.45, 7) is 5.27. The van der Waals surface area contributed by atoms with Gasteiger partial charge in [-0.05, 0) is 38.5 Å². The van der Waals surface area contributed by atoms with Crippen molar-refractivity contribution < 1.29 is 23.9 Å². The zero-order chi connectivity index (χ0) is 18.3. The first-order valence-corrected chi connectivity index (χ1v) is 7.60. The van der Waals surface area contributed by atoms with Gasteiger partial charge in [0.25, 0.3) is 5.91 Å². The maximum atomic E-state index is 12.4. The van der Waals surface area contributed by atoms with Crippen LogP contribution in [0, 0.1) is 0 Å². The Balaban J connectivity index is 2.87. The molecule has 0 saturated carbocycles. The number of nitrogens with zero attached hydrogens (tertiary/aromatic N) is 1. The maximum absolute atomic E-state index is 12.4. The molecular formula is C17H26N2O5. The molecule has 0 spiro atoms. The van der Waals surface area contributed by atoms with Crippen molar-refractivity contribution >= 4 is 12.0 Å². The van der Waals surface area contributed by atoms with E-state index in [1.54, 1.807) is 40.0 Å². The predicted octanol–water partition coefficient (Wildman–Crippen LogP) is 2.15. The largest absolute Gasteiger partial charge is 0.497 e. The number of hydrogen-bond donors (Lipinski definition) is 1. The lowest BCUT2D eigenvalue weighted by Crippen LogP contribution is -2.49. The van der Waals surface area contributed by atoms with Crippen molar-refractivity contribution in [3.8, 4) is 5.75 Å². The molecule has 7 heteroatoms. The molecule has 1 aromatic rings. The lowest BCUT2D eigenvalue weighted by Gasteiger charge is -2.25. The van der Waals surface area contributed by atoms with Gasteiger partial charge in [-0.2, -0.15) is 0 Å². The lowest BCUT2D eigenvalue weighted by atomic mass is 10.1. The normalized spacial score (nSPS) is 12.2. The molecule has 0 aliphatic carbocycles. The second-order valence-electron chi connectivity index (χ2n) is 6.27. The minimum absolute atomic E-state index is 0.301. The van der Waals surface area contributed by atoms with Crippen LogP contribution < -0.4 is 10.1 Å². The first-order valence-electron chi connectivity index (χ1n) is 7.60. The molecule has 7 nitrogen and oxygen atoms in total. The number of nitrogens with one attached hydrogen (secondary N) is 1. The molecule has 1 aromatic carbocycles. The Morgan fingerprint density at radius 3 is 2.21 bits per heavy atom. The van der Waals surface area contributed by atoms with Gasteiger partial charge in [0, 0.05) is 13.5 Å². The Kier molecular flexibility index (Phi) is 7.03. The highest BCUT2D eigenvalue weighted by molar-refractivity contribution is 5.85. The Bertz CT molecular complexity index is 551. The second-order valence-corrected chi connectivity index (χ2v) is 6.27. The fraction of sp³-hybridized carbons (Fsp3) is 0.529. The Labute approximate surface area is 142 Å². The van der Waals surface area contributed by atoms with Crippen molar-refractivity contribution in [1.29, 1.82) is 0 Å². The summed E-state index contributed by atoms with van der Waals surface area (Å²) in [5.74, 6) is 0.343. The number of hydrogen-bond acceptors (Lipinski definition) is 5. The van der Waals surface area contributed by atoms with Crippen molar-refractivity contribution in [2.24, 2.45) is 0 Å². The summed E-state index contributed by atoms with van der Waals surface area (Å²) in [7, 11) is 4.45. The number of carbonyl (C=O) groups excluding carboxylic acids is 2. The van der Waals surface area contributed by atoms with Crippen LogP contribution in [0.25, 0.3) is 0 Å². The van der Waals surface area contributed by atoms with E-state index in [4.69, 9.17) is 14.3 Å². The van der Waals surface area contributed by atoms with Gasteiger partial charge in [-0.1, -0.05) is 12.1 Å². The van der Waals surface area contributed by atoms with E-state index in [0.29, 0.717) is 6.42 Å². The van der Waals surface area contributed by atoms with Crippen LogP contribution in [-0.2, 0) is 20.8 Å². The molecule has 0 bridgehead atoms. The number of alkyl carbamates (subject to hydrolysis) is 1. The van der Waals surface area contributed by atoms with Crippen LogP contribution in [0.3, 0.4) is 0 Å². The van der Waals surface area contributed by atoms with Crippen molar-refractivity contribution in [3.63, 3.8) is 0 Å². The summed E-state index contributed by atoms with van der Waals surface area (Å²) in [6.07, 6.45) is -0.352. The van der Waals surface area contributed by atoms with Crippen LogP contribution in [0.4, 0.5) is 4.79 Å². The third-order valence-corrected chi connectivity index (χ3v) is 3.17. The Morgan fingerprint density at radius 2 is 1.75 bits per heavy atom. The van der Waals surface area contributed by atoms with Crippen LogP contribution in [0.15, 0.2) is 24.3 Å². The molecule has 1 rings (SSSR count). The van der Waals surface area contributed by atoms with E-state index in [1.165, 1.54) is 14.2 Å². The minimum Gasteiger partial charge on any atom is -0.497 e. The highest BCUT2D eigenvalue weighted by Crippen LogP contribution is 2.14. The van der Waals surface area contributed by atoms with Gasteiger partial charge in [0.15, 0.2) is 0 Å². The molecule has 0 saturated heterocycles. The van der Waals surface area contributed by atoms with E-state index >= 15 is 0 Å². The van der Waals surface area contributed by atoms with E-state index < -0.39 is 17.7 Å². The summed E-state index contributed by atoms with van der Waals surface area (Å²) in [5, 5.41) is 3.68. The van der Waals surface area contributed by atoms with Crippen LogP contribution in [0.5, 0.6) is 5.75 Å². The molecule has 24 heavy (non-hydrogen) atoms. The smallest absolute Gasteiger partial charge is 0.408 e. The summed E-state index contributed by atoms with van der Waals surface area (Å²) in [5.41, 5.74) is 0.222. The fourth-order valence-electron chi connectivity index (χ4n) is 1.96. The predicted molar refractivity (Wildman–Crippen MR) is 89.6 cm³/mol. The van der Waals surface area contributed by atoms with Gasteiger partial charge in [0.2, 0.25) is 0 Å².